The van der Waals surface area contributed by atoms with Gasteiger partial charge in [0.1, 0.15) is 17.1 Å². The zero-order chi connectivity index (χ0) is 25.5. The van der Waals surface area contributed by atoms with Crippen molar-refractivity contribution >= 4 is 5.97 Å². The number of methoxy groups -OCH3 is 1. The quantitative estimate of drug-likeness (QED) is 0.441. The Labute approximate surface area is 204 Å². The summed E-state index contributed by atoms with van der Waals surface area (Å²) in [5.74, 6) is -0.131. The largest absolute Gasteiger partial charge is 0.493 e. The van der Waals surface area contributed by atoms with Crippen molar-refractivity contribution in [3.8, 4) is 28.1 Å². The van der Waals surface area contributed by atoms with Crippen LogP contribution in [0.2, 0.25) is 0 Å². The zero-order valence-corrected chi connectivity index (χ0v) is 20.6. The number of fused-ring (bicyclic) bond motifs is 3. The van der Waals surface area contributed by atoms with E-state index in [0.717, 1.165) is 17.0 Å². The van der Waals surface area contributed by atoms with Crippen LogP contribution in [-0.2, 0) is 17.7 Å². The highest BCUT2D eigenvalue weighted by Gasteiger charge is 2.22. The molecule has 1 aliphatic rings. The van der Waals surface area contributed by atoms with E-state index in [0.29, 0.717) is 55.2 Å². The highest BCUT2D eigenvalue weighted by molar-refractivity contribution is 5.88. The number of aryl methyl sites for hydroxylation is 2. The summed E-state index contributed by atoms with van der Waals surface area (Å²) in [4.78, 5) is 23.7. The van der Waals surface area contributed by atoms with E-state index in [9.17, 15) is 19.1 Å². The van der Waals surface area contributed by atoms with Gasteiger partial charge in [-0.15, -0.1) is 0 Å². The minimum atomic E-state index is -1.24. The average molecular weight is 482 g/mol. The van der Waals surface area contributed by atoms with Gasteiger partial charge in [0.05, 0.1) is 12.3 Å². The number of carbonyl (C=O) groups is 1. The summed E-state index contributed by atoms with van der Waals surface area (Å²) >= 11 is 0. The van der Waals surface area contributed by atoms with Gasteiger partial charge in [-0.1, -0.05) is 32.9 Å². The van der Waals surface area contributed by atoms with Gasteiger partial charge in [-0.25, -0.2) is 9.18 Å². The van der Waals surface area contributed by atoms with Gasteiger partial charge < -0.3 is 19.1 Å². The molecule has 0 fully saturated rings. The number of halogens is 1. The molecular weight excluding hydrogens is 449 g/mol. The normalized spacial score (nSPS) is 11.8. The number of pyridine rings is 1. The van der Waals surface area contributed by atoms with Crippen LogP contribution in [0.1, 0.15) is 43.1 Å². The van der Waals surface area contributed by atoms with Crippen molar-refractivity contribution < 1.29 is 23.8 Å². The molecule has 1 N–H and O–H groups in total. The molecule has 6 nitrogen and oxygen atoms in total. The Morgan fingerprint density at radius 1 is 1.11 bits per heavy atom. The monoisotopic (exact) mass is 481 g/mol. The number of aromatic carboxylic acids is 1. The van der Waals surface area contributed by atoms with Crippen LogP contribution in [0, 0.1) is 11.7 Å². The van der Waals surface area contributed by atoms with E-state index >= 15 is 0 Å². The van der Waals surface area contributed by atoms with E-state index in [1.165, 1.54) is 24.4 Å². The van der Waals surface area contributed by atoms with E-state index in [1.54, 1.807) is 23.8 Å². The molecule has 3 aromatic rings. The number of ether oxygens (including phenoxy) is 2. The Morgan fingerprint density at radius 2 is 1.86 bits per heavy atom. The number of benzene rings is 2. The van der Waals surface area contributed by atoms with Crippen molar-refractivity contribution in [2.24, 2.45) is 5.92 Å². The third-order valence-electron chi connectivity index (χ3n) is 5.35. The number of hydrogen-bond acceptors (Lipinski definition) is 4. The molecule has 4 rings (SSSR count). The van der Waals surface area contributed by atoms with E-state index in [4.69, 9.17) is 9.47 Å². The van der Waals surface area contributed by atoms with Crippen LogP contribution in [0.3, 0.4) is 0 Å². The molecular formula is C28H32FNO5. The van der Waals surface area contributed by atoms with Crippen molar-refractivity contribution in [1.29, 1.82) is 0 Å². The Morgan fingerprint density at radius 3 is 2.51 bits per heavy atom. The highest BCUT2D eigenvalue weighted by atomic mass is 19.1. The fourth-order valence-corrected chi connectivity index (χ4v) is 3.85. The third-order valence-corrected chi connectivity index (χ3v) is 5.35. The molecule has 0 atom stereocenters. The number of rotatable bonds is 7. The fourth-order valence-electron chi connectivity index (χ4n) is 3.85. The predicted octanol–water partition coefficient (Wildman–Crippen LogP) is 5.65. The van der Waals surface area contributed by atoms with Crippen molar-refractivity contribution in [2.75, 3.05) is 20.3 Å². The summed E-state index contributed by atoms with van der Waals surface area (Å²) < 4.78 is 26.8. The Balaban J connectivity index is 0.000000795. The summed E-state index contributed by atoms with van der Waals surface area (Å²) in [6.45, 7) is 8.07. The predicted molar refractivity (Wildman–Crippen MR) is 135 cm³/mol. The van der Waals surface area contributed by atoms with Crippen LogP contribution in [0.5, 0.6) is 5.75 Å². The zero-order valence-electron chi connectivity index (χ0n) is 20.6. The summed E-state index contributed by atoms with van der Waals surface area (Å²) in [6.07, 6.45) is 2.76. The lowest BCUT2D eigenvalue weighted by Gasteiger charge is -2.25. The molecule has 2 aromatic carbocycles. The van der Waals surface area contributed by atoms with E-state index in [-0.39, 0.29) is 11.4 Å². The lowest BCUT2D eigenvalue weighted by molar-refractivity contribution is 0.0694. The van der Waals surface area contributed by atoms with Crippen molar-refractivity contribution in [3.63, 3.8) is 0 Å². The van der Waals surface area contributed by atoms with Gasteiger partial charge in [-0.05, 0) is 47.7 Å². The van der Waals surface area contributed by atoms with Gasteiger partial charge in [0.2, 0.25) is 0 Å². The van der Waals surface area contributed by atoms with Crippen LogP contribution in [0.4, 0.5) is 4.39 Å². The Bertz CT molecular complexity index is 1250. The van der Waals surface area contributed by atoms with E-state index in [1.807, 2.05) is 12.1 Å². The second-order valence-corrected chi connectivity index (χ2v) is 9.13. The number of aromatic nitrogens is 1. The SMILES string of the molecule is CC(C)C.COCCCOc1cc2c(cc1-c1cccc(F)c1)-c1cc(=O)c(C(=O)O)cn1CC2. The standard InChI is InChI=1S/C24H22FNO5.C4H10/c1-30-8-3-9-31-23-11-16-6-7-26-14-20(24(28)29)22(27)13-21(26)18(16)12-19(23)15-4-2-5-17(25)10-15;1-4(2)3/h2,4-5,10-14H,3,6-9H2,1H3,(H,28,29);4H,1-3H3. The minimum Gasteiger partial charge on any atom is -0.493 e. The molecule has 2 heterocycles. The van der Waals surface area contributed by atoms with E-state index < -0.39 is 11.4 Å². The maximum Gasteiger partial charge on any atom is 0.341 e. The molecule has 0 radical (unpaired) electrons. The molecule has 0 spiro atoms. The molecule has 186 valence electrons. The maximum atomic E-state index is 13.9. The number of hydrogen-bond donors (Lipinski definition) is 1. The van der Waals surface area contributed by atoms with Crippen LogP contribution >= 0.6 is 0 Å². The van der Waals surface area contributed by atoms with Crippen LogP contribution < -0.4 is 10.2 Å². The van der Waals surface area contributed by atoms with Crippen molar-refractivity contribution in [3.05, 3.63) is 75.8 Å². The van der Waals surface area contributed by atoms with Crippen LogP contribution in [0.25, 0.3) is 22.4 Å². The maximum absolute atomic E-state index is 13.9. The summed E-state index contributed by atoms with van der Waals surface area (Å²) in [7, 11) is 1.63. The van der Waals surface area contributed by atoms with E-state index in [2.05, 4.69) is 20.8 Å². The van der Waals surface area contributed by atoms with Crippen LogP contribution in [0.15, 0.2) is 53.5 Å². The van der Waals surface area contributed by atoms with Gasteiger partial charge >= 0.3 is 5.97 Å². The number of carboxylic acid groups (broad SMARTS) is 1. The topological polar surface area (TPSA) is 77.8 Å². The van der Waals surface area contributed by atoms with Gasteiger partial charge in [-0.3, -0.25) is 4.79 Å². The summed E-state index contributed by atoms with van der Waals surface area (Å²) in [5.41, 5.74) is 3.01. The minimum absolute atomic E-state index is 0.254. The molecule has 0 unspecified atom stereocenters. The Hall–Kier alpha value is -3.45. The second kappa shape index (κ2) is 11.8. The number of carboxylic acids is 1. The first-order chi connectivity index (χ1) is 16.7. The first kappa shape index (κ1) is 26.2. The van der Waals surface area contributed by atoms with Gasteiger partial charge in [0, 0.05) is 50.1 Å². The summed E-state index contributed by atoms with van der Waals surface area (Å²) in [5, 5.41) is 9.26. The molecule has 0 aliphatic carbocycles. The van der Waals surface area contributed by atoms with Gasteiger partial charge in [-0.2, -0.15) is 0 Å². The Kier molecular flexibility index (Phi) is 8.82. The van der Waals surface area contributed by atoms with Gasteiger partial charge in [0.15, 0.2) is 5.43 Å². The second-order valence-electron chi connectivity index (χ2n) is 9.13. The van der Waals surface area contributed by atoms with Crippen molar-refractivity contribution in [1.82, 2.24) is 4.57 Å². The van der Waals surface area contributed by atoms with Crippen molar-refractivity contribution in [2.45, 2.75) is 40.2 Å². The molecule has 7 heteroatoms. The first-order valence-electron chi connectivity index (χ1n) is 11.7. The lowest BCUT2D eigenvalue weighted by atomic mass is 9.91. The fraction of sp³-hybridized carbons (Fsp3) is 0.357. The molecule has 0 bridgehead atoms. The number of nitrogens with zero attached hydrogens (tertiary/aromatic N) is 1. The first-order valence-corrected chi connectivity index (χ1v) is 11.7. The molecule has 35 heavy (non-hydrogen) atoms. The van der Waals surface area contributed by atoms with Crippen LogP contribution in [-0.4, -0.2) is 36.0 Å². The molecule has 1 aliphatic heterocycles. The summed E-state index contributed by atoms with van der Waals surface area (Å²) in [6, 6.07) is 11.4. The third kappa shape index (κ3) is 6.57. The molecule has 0 saturated carbocycles. The lowest BCUT2D eigenvalue weighted by Crippen LogP contribution is -2.22. The smallest absolute Gasteiger partial charge is 0.341 e. The van der Waals surface area contributed by atoms with Gasteiger partial charge in [0.25, 0.3) is 0 Å². The molecule has 1 aromatic heterocycles. The highest BCUT2D eigenvalue weighted by Crippen LogP contribution is 2.39. The average Bonchev–Trinajstić information content (AvgIpc) is 2.80. The molecule has 0 saturated heterocycles. The molecule has 0 amide bonds.